The molecule has 2 N–H and O–H groups in total. The van der Waals surface area contributed by atoms with Crippen LogP contribution >= 0.6 is 11.6 Å². The van der Waals surface area contributed by atoms with Crippen molar-refractivity contribution >= 4 is 17.8 Å². The average Bonchev–Trinajstić information content (AvgIpc) is 2.40. The van der Waals surface area contributed by atoms with E-state index in [-0.39, 0.29) is 0 Å². The Morgan fingerprint density at radius 3 is 2.47 bits per heavy atom. The molecule has 0 aliphatic heterocycles. The van der Waals surface area contributed by atoms with Crippen molar-refractivity contribution in [1.82, 2.24) is 4.98 Å². The Morgan fingerprint density at radius 2 is 1.94 bits per heavy atom. The predicted molar refractivity (Wildman–Crippen MR) is 71.0 cm³/mol. The van der Waals surface area contributed by atoms with Crippen LogP contribution in [0.1, 0.15) is 11.1 Å². The van der Waals surface area contributed by atoms with Crippen molar-refractivity contribution in [2.45, 2.75) is 5.88 Å². The van der Waals surface area contributed by atoms with Gasteiger partial charge in [-0.2, -0.15) is 5.10 Å². The lowest BCUT2D eigenvalue weighted by atomic mass is 10.1. The summed E-state index contributed by atoms with van der Waals surface area (Å²) >= 11 is 5.71. The maximum absolute atomic E-state index is 5.71. The maximum Gasteiger partial charge on any atom is 0.0702 e. The average molecular weight is 246 g/mol. The number of alkyl halides is 1. The monoisotopic (exact) mass is 245 g/mol. The molecule has 0 atom stereocenters. The van der Waals surface area contributed by atoms with Crippen LogP contribution in [0.2, 0.25) is 0 Å². The number of aromatic nitrogens is 1. The molecule has 86 valence electrons. The second kappa shape index (κ2) is 5.46. The molecule has 3 nitrogen and oxygen atoms in total. The third-order valence-electron chi connectivity index (χ3n) is 2.41. The third kappa shape index (κ3) is 2.82. The quantitative estimate of drug-likeness (QED) is 0.391. The van der Waals surface area contributed by atoms with Crippen LogP contribution in [0.15, 0.2) is 47.7 Å². The minimum atomic E-state index is 0.485. The van der Waals surface area contributed by atoms with Crippen molar-refractivity contribution in [3.05, 3.63) is 53.7 Å². The highest BCUT2D eigenvalue weighted by atomic mass is 35.5. The zero-order chi connectivity index (χ0) is 12.1. The second-order valence-corrected chi connectivity index (χ2v) is 3.85. The lowest BCUT2D eigenvalue weighted by molar-refractivity contribution is 1.25. The van der Waals surface area contributed by atoms with Gasteiger partial charge < -0.3 is 5.84 Å². The number of hydrazone groups is 1. The Morgan fingerprint density at radius 1 is 1.18 bits per heavy atom. The number of hydrogen-bond acceptors (Lipinski definition) is 3. The van der Waals surface area contributed by atoms with Gasteiger partial charge >= 0.3 is 0 Å². The van der Waals surface area contributed by atoms with Gasteiger partial charge in [0.2, 0.25) is 0 Å². The molecule has 0 radical (unpaired) electrons. The molecule has 0 fully saturated rings. The number of nitrogens with zero attached hydrogens (tertiary/aromatic N) is 2. The molecular formula is C13H12ClN3. The van der Waals surface area contributed by atoms with E-state index >= 15 is 0 Å². The summed E-state index contributed by atoms with van der Waals surface area (Å²) in [5.74, 6) is 5.57. The van der Waals surface area contributed by atoms with Gasteiger partial charge in [0.05, 0.1) is 11.9 Å². The Labute approximate surface area is 105 Å². The standard InChI is InChI=1S/C13H12ClN3/c14-7-11-3-6-13(16-8-11)12-4-1-10(2-5-12)9-17-15/h1-6,8-9H,7,15H2. The molecule has 1 aromatic heterocycles. The van der Waals surface area contributed by atoms with Crippen LogP contribution in [0.3, 0.4) is 0 Å². The van der Waals surface area contributed by atoms with Crippen molar-refractivity contribution in [2.75, 3.05) is 0 Å². The van der Waals surface area contributed by atoms with E-state index in [9.17, 15) is 0 Å². The van der Waals surface area contributed by atoms with E-state index in [4.69, 9.17) is 17.4 Å². The number of rotatable bonds is 3. The number of hydrogen-bond donors (Lipinski definition) is 1. The first-order valence-corrected chi connectivity index (χ1v) is 5.71. The van der Waals surface area contributed by atoms with E-state index in [1.807, 2.05) is 36.4 Å². The summed E-state index contributed by atoms with van der Waals surface area (Å²) in [6, 6.07) is 11.8. The topological polar surface area (TPSA) is 51.3 Å². The molecule has 0 saturated carbocycles. The second-order valence-electron chi connectivity index (χ2n) is 3.59. The van der Waals surface area contributed by atoms with Gasteiger partial charge in [0.15, 0.2) is 0 Å². The fourth-order valence-electron chi connectivity index (χ4n) is 1.50. The van der Waals surface area contributed by atoms with Crippen LogP contribution in [0.5, 0.6) is 0 Å². The first kappa shape index (κ1) is 11.6. The van der Waals surface area contributed by atoms with Gasteiger partial charge in [-0.25, -0.2) is 0 Å². The summed E-state index contributed by atoms with van der Waals surface area (Å²) in [6.07, 6.45) is 3.39. The molecule has 0 amide bonds. The highest BCUT2D eigenvalue weighted by molar-refractivity contribution is 6.17. The highest BCUT2D eigenvalue weighted by Crippen LogP contribution is 2.17. The van der Waals surface area contributed by atoms with Gasteiger partial charge in [0.1, 0.15) is 0 Å². The highest BCUT2D eigenvalue weighted by Gasteiger charge is 1.99. The van der Waals surface area contributed by atoms with Crippen LogP contribution in [0.25, 0.3) is 11.3 Å². The Bertz CT molecular complexity index is 503. The molecule has 17 heavy (non-hydrogen) atoms. The van der Waals surface area contributed by atoms with Crippen molar-refractivity contribution in [2.24, 2.45) is 10.9 Å². The zero-order valence-electron chi connectivity index (χ0n) is 9.18. The summed E-state index contributed by atoms with van der Waals surface area (Å²) < 4.78 is 0. The first-order valence-electron chi connectivity index (χ1n) is 5.18. The summed E-state index contributed by atoms with van der Waals surface area (Å²) in [5.41, 5.74) is 3.96. The van der Waals surface area contributed by atoms with Crippen molar-refractivity contribution in [1.29, 1.82) is 0 Å². The van der Waals surface area contributed by atoms with Gasteiger partial charge in [-0.15, -0.1) is 11.6 Å². The lowest BCUT2D eigenvalue weighted by Gasteiger charge is -2.02. The Hall–Kier alpha value is -1.87. The van der Waals surface area contributed by atoms with E-state index in [2.05, 4.69) is 10.1 Å². The van der Waals surface area contributed by atoms with Gasteiger partial charge in [0, 0.05) is 17.6 Å². The fourth-order valence-corrected chi connectivity index (χ4v) is 1.66. The van der Waals surface area contributed by atoms with Crippen LogP contribution in [0.4, 0.5) is 0 Å². The number of benzene rings is 1. The smallest absolute Gasteiger partial charge is 0.0702 e. The van der Waals surface area contributed by atoms with E-state index in [0.717, 1.165) is 22.4 Å². The van der Waals surface area contributed by atoms with Crippen LogP contribution < -0.4 is 5.84 Å². The van der Waals surface area contributed by atoms with Crippen molar-refractivity contribution in [3.8, 4) is 11.3 Å². The molecule has 0 saturated heterocycles. The van der Waals surface area contributed by atoms with E-state index in [1.54, 1.807) is 12.4 Å². The molecule has 1 heterocycles. The van der Waals surface area contributed by atoms with E-state index in [0.29, 0.717) is 5.88 Å². The Kier molecular flexibility index (Phi) is 3.73. The minimum Gasteiger partial charge on any atom is -0.323 e. The Balaban J connectivity index is 2.26. The summed E-state index contributed by atoms with van der Waals surface area (Å²) in [7, 11) is 0. The van der Waals surface area contributed by atoms with Gasteiger partial charge in [-0.3, -0.25) is 4.98 Å². The van der Waals surface area contributed by atoms with Crippen molar-refractivity contribution in [3.63, 3.8) is 0 Å². The number of halogens is 1. The van der Waals surface area contributed by atoms with E-state index in [1.165, 1.54) is 0 Å². The fraction of sp³-hybridized carbons (Fsp3) is 0.0769. The molecule has 4 heteroatoms. The number of pyridine rings is 1. The normalized spacial score (nSPS) is 10.9. The maximum atomic E-state index is 5.71. The molecule has 2 aromatic rings. The van der Waals surface area contributed by atoms with Crippen LogP contribution in [0, 0.1) is 0 Å². The summed E-state index contributed by atoms with van der Waals surface area (Å²) in [6.45, 7) is 0. The van der Waals surface area contributed by atoms with Gasteiger partial charge in [-0.05, 0) is 17.2 Å². The molecule has 0 bridgehead atoms. The predicted octanol–water partition coefficient (Wildman–Crippen LogP) is 2.78. The van der Waals surface area contributed by atoms with Crippen molar-refractivity contribution < 1.29 is 0 Å². The molecule has 0 aliphatic rings. The minimum absolute atomic E-state index is 0.485. The first-order chi connectivity index (χ1) is 8.33. The molecular weight excluding hydrogens is 234 g/mol. The van der Waals surface area contributed by atoms with Crippen LogP contribution in [-0.4, -0.2) is 11.2 Å². The largest absolute Gasteiger partial charge is 0.323 e. The molecule has 1 aromatic carbocycles. The van der Waals surface area contributed by atoms with Gasteiger partial charge in [0.25, 0.3) is 0 Å². The SMILES string of the molecule is NN=Cc1ccc(-c2ccc(CCl)cn2)cc1. The van der Waals surface area contributed by atoms with Crippen LogP contribution in [-0.2, 0) is 5.88 Å². The zero-order valence-corrected chi connectivity index (χ0v) is 9.93. The van der Waals surface area contributed by atoms with E-state index < -0.39 is 0 Å². The summed E-state index contributed by atoms with van der Waals surface area (Å²) in [5, 5.41) is 3.48. The third-order valence-corrected chi connectivity index (χ3v) is 2.72. The number of nitrogens with two attached hydrogens (primary N) is 1. The molecule has 0 spiro atoms. The van der Waals surface area contributed by atoms with Gasteiger partial charge in [-0.1, -0.05) is 30.3 Å². The molecule has 2 rings (SSSR count). The molecule has 0 aliphatic carbocycles. The molecule has 0 unspecified atom stereocenters. The lowest BCUT2D eigenvalue weighted by Crippen LogP contribution is -1.88. The summed E-state index contributed by atoms with van der Waals surface area (Å²) in [4.78, 5) is 4.35.